The van der Waals surface area contributed by atoms with Crippen molar-refractivity contribution in [2.24, 2.45) is 4.99 Å². The molecule has 0 saturated heterocycles. The lowest BCUT2D eigenvalue weighted by Crippen LogP contribution is -2.35. The van der Waals surface area contributed by atoms with Crippen molar-refractivity contribution in [3.8, 4) is 5.88 Å². The summed E-state index contributed by atoms with van der Waals surface area (Å²) in [6.07, 6.45) is 4.38. The van der Waals surface area contributed by atoms with Crippen LogP contribution in [0.4, 0.5) is 15.8 Å². The van der Waals surface area contributed by atoms with Gasteiger partial charge in [-0.05, 0) is 68.7 Å². The number of benzene rings is 3. The Hall–Kier alpha value is -4.35. The Morgan fingerprint density at radius 3 is 2.38 bits per heavy atom. The average molecular weight is 547 g/mol. The fraction of sp³-hybridized carbons (Fsp3) is 0.179. The van der Waals surface area contributed by atoms with E-state index in [9.17, 15) is 17.9 Å². The largest absolute Gasteiger partial charge is 0.494 e. The molecule has 0 unspecified atom stereocenters. The highest BCUT2D eigenvalue weighted by molar-refractivity contribution is 7.92. The summed E-state index contributed by atoms with van der Waals surface area (Å²) < 4.78 is 40.2. The van der Waals surface area contributed by atoms with Crippen LogP contribution in [0.25, 0.3) is 21.9 Å². The van der Waals surface area contributed by atoms with Crippen LogP contribution >= 0.6 is 0 Å². The van der Waals surface area contributed by atoms with Crippen molar-refractivity contribution in [3.63, 3.8) is 0 Å². The standard InChI is InChI=1S/C28H27FN6O3S/c1-34(2)14-15-35(39(3,37)38)21-8-6-20(7-9-21)32-27(18-4-11-23-25(16-18)31-13-12-30-23)26-22-10-5-19(29)17-24(22)33-28(26)36/h4-13,16-17,33,36H,14-15H2,1-3H3. The van der Waals surface area contributed by atoms with Crippen molar-refractivity contribution in [1.82, 2.24) is 19.9 Å². The minimum atomic E-state index is -3.49. The molecule has 5 aromatic rings. The van der Waals surface area contributed by atoms with Crippen LogP contribution in [0.3, 0.4) is 0 Å². The number of sulfonamides is 1. The van der Waals surface area contributed by atoms with E-state index < -0.39 is 15.8 Å². The van der Waals surface area contributed by atoms with Crippen LogP contribution in [0.5, 0.6) is 5.88 Å². The molecule has 2 aromatic heterocycles. The summed E-state index contributed by atoms with van der Waals surface area (Å²) in [5, 5.41) is 11.5. The minimum absolute atomic E-state index is 0.155. The van der Waals surface area contributed by atoms with Gasteiger partial charge < -0.3 is 15.0 Å². The number of aromatic hydroxyl groups is 1. The molecule has 2 N–H and O–H groups in total. The second-order valence-electron chi connectivity index (χ2n) is 9.41. The molecule has 0 saturated carbocycles. The topological polar surface area (TPSA) is 115 Å². The van der Waals surface area contributed by atoms with Crippen molar-refractivity contribution in [1.29, 1.82) is 0 Å². The van der Waals surface area contributed by atoms with Crippen molar-refractivity contribution >= 4 is 49.0 Å². The summed E-state index contributed by atoms with van der Waals surface area (Å²) in [4.78, 5) is 18.3. The summed E-state index contributed by atoms with van der Waals surface area (Å²) in [7, 11) is 0.271. The molecule has 0 radical (unpaired) electrons. The smallest absolute Gasteiger partial charge is 0.232 e. The van der Waals surface area contributed by atoms with Crippen LogP contribution < -0.4 is 4.31 Å². The van der Waals surface area contributed by atoms with E-state index in [4.69, 9.17) is 4.99 Å². The summed E-state index contributed by atoms with van der Waals surface area (Å²) in [5.74, 6) is -0.591. The minimum Gasteiger partial charge on any atom is -0.494 e. The van der Waals surface area contributed by atoms with Crippen LogP contribution in [0.2, 0.25) is 0 Å². The van der Waals surface area contributed by atoms with Gasteiger partial charge >= 0.3 is 0 Å². The van der Waals surface area contributed by atoms with E-state index in [1.807, 2.05) is 37.2 Å². The molecule has 2 heterocycles. The van der Waals surface area contributed by atoms with Gasteiger partial charge in [-0.1, -0.05) is 6.07 Å². The van der Waals surface area contributed by atoms with E-state index in [-0.39, 0.29) is 5.88 Å². The second-order valence-corrected chi connectivity index (χ2v) is 11.3. The maximum absolute atomic E-state index is 13.9. The predicted octanol–water partition coefficient (Wildman–Crippen LogP) is 4.45. The lowest BCUT2D eigenvalue weighted by molar-refractivity contribution is 0.419. The second kappa shape index (κ2) is 10.4. The van der Waals surface area contributed by atoms with Gasteiger partial charge in [-0.25, -0.2) is 17.8 Å². The van der Waals surface area contributed by atoms with Gasteiger partial charge in [0.25, 0.3) is 0 Å². The number of fused-ring (bicyclic) bond motifs is 2. The third kappa shape index (κ3) is 5.59. The van der Waals surface area contributed by atoms with Gasteiger partial charge in [-0.2, -0.15) is 0 Å². The number of hydrogen-bond acceptors (Lipinski definition) is 7. The fourth-order valence-electron chi connectivity index (χ4n) is 4.37. The van der Waals surface area contributed by atoms with Gasteiger partial charge in [-0.3, -0.25) is 14.3 Å². The predicted molar refractivity (Wildman–Crippen MR) is 152 cm³/mol. The third-order valence-electron chi connectivity index (χ3n) is 6.25. The Labute approximate surface area is 225 Å². The van der Waals surface area contributed by atoms with Crippen molar-refractivity contribution in [2.75, 3.05) is 37.7 Å². The maximum atomic E-state index is 13.9. The van der Waals surface area contributed by atoms with Crippen molar-refractivity contribution < 1.29 is 17.9 Å². The van der Waals surface area contributed by atoms with E-state index in [0.29, 0.717) is 63.2 Å². The zero-order chi connectivity index (χ0) is 27.7. The van der Waals surface area contributed by atoms with Crippen LogP contribution in [0.1, 0.15) is 11.1 Å². The van der Waals surface area contributed by atoms with E-state index in [1.165, 1.54) is 22.7 Å². The molecule has 9 nitrogen and oxygen atoms in total. The number of rotatable bonds is 8. The zero-order valence-corrected chi connectivity index (χ0v) is 22.4. The summed E-state index contributed by atoms with van der Waals surface area (Å²) >= 11 is 0. The normalized spacial score (nSPS) is 12.5. The summed E-state index contributed by atoms with van der Waals surface area (Å²) in [5.41, 5.74) is 4.32. The summed E-state index contributed by atoms with van der Waals surface area (Å²) in [6.45, 7) is 0.861. The van der Waals surface area contributed by atoms with Gasteiger partial charge in [0.15, 0.2) is 5.88 Å². The molecular weight excluding hydrogens is 519 g/mol. The monoisotopic (exact) mass is 546 g/mol. The van der Waals surface area contributed by atoms with Gasteiger partial charge in [0, 0.05) is 36.4 Å². The Balaban J connectivity index is 1.64. The summed E-state index contributed by atoms with van der Waals surface area (Å²) in [6, 6.07) is 16.5. The molecule has 0 amide bonds. The molecule has 0 spiro atoms. The molecule has 0 aliphatic heterocycles. The van der Waals surface area contributed by atoms with Gasteiger partial charge in [0.05, 0.1) is 45.5 Å². The Bertz CT molecular complexity index is 1800. The number of nitrogens with one attached hydrogen (secondary N) is 1. The first-order chi connectivity index (χ1) is 18.6. The molecule has 0 aliphatic carbocycles. The highest BCUT2D eigenvalue weighted by atomic mass is 32.2. The number of H-pyrrole nitrogens is 1. The molecule has 0 aliphatic rings. The van der Waals surface area contributed by atoms with Crippen molar-refractivity contribution in [2.45, 2.75) is 0 Å². The van der Waals surface area contributed by atoms with E-state index in [1.54, 1.807) is 42.7 Å². The van der Waals surface area contributed by atoms with Crippen LogP contribution in [0.15, 0.2) is 78.0 Å². The SMILES string of the molecule is CN(C)CCN(c1ccc(N=C(c2ccc3nccnc3c2)c2c(O)[nH]c3cc(F)ccc23)cc1)S(C)(=O)=O. The highest BCUT2D eigenvalue weighted by Gasteiger charge is 2.21. The quantitative estimate of drug-likeness (QED) is 0.278. The maximum Gasteiger partial charge on any atom is 0.232 e. The Morgan fingerprint density at radius 1 is 0.974 bits per heavy atom. The van der Waals surface area contributed by atoms with Crippen LogP contribution in [0, 0.1) is 5.82 Å². The average Bonchev–Trinajstić information content (AvgIpc) is 3.21. The highest BCUT2D eigenvalue weighted by Crippen LogP contribution is 2.33. The number of aromatic amines is 1. The first kappa shape index (κ1) is 26.3. The number of likely N-dealkylation sites (N-methyl/N-ethyl adjacent to an activating group) is 1. The van der Waals surface area contributed by atoms with E-state index >= 15 is 0 Å². The van der Waals surface area contributed by atoms with Crippen LogP contribution in [-0.4, -0.2) is 72.5 Å². The molecule has 200 valence electrons. The molecular formula is C28H27FN6O3S. The number of anilines is 1. The Morgan fingerprint density at radius 2 is 1.69 bits per heavy atom. The van der Waals surface area contributed by atoms with Gasteiger partial charge in [-0.15, -0.1) is 0 Å². The molecule has 0 fully saturated rings. The molecule has 0 bridgehead atoms. The Kier molecular flexibility index (Phi) is 7.02. The third-order valence-corrected chi connectivity index (χ3v) is 7.44. The first-order valence-corrected chi connectivity index (χ1v) is 14.0. The molecule has 3 aromatic carbocycles. The zero-order valence-electron chi connectivity index (χ0n) is 21.6. The number of aromatic nitrogens is 3. The van der Waals surface area contributed by atoms with Gasteiger partial charge in [0.1, 0.15) is 5.82 Å². The number of hydrogen-bond donors (Lipinski definition) is 2. The lowest BCUT2D eigenvalue weighted by atomic mass is 10.00. The molecule has 5 rings (SSSR count). The molecule has 39 heavy (non-hydrogen) atoms. The first-order valence-electron chi connectivity index (χ1n) is 12.1. The van der Waals surface area contributed by atoms with Crippen molar-refractivity contribution in [3.05, 3.63) is 90.0 Å². The van der Waals surface area contributed by atoms with Crippen LogP contribution in [-0.2, 0) is 10.0 Å². The molecule has 11 heteroatoms. The number of nitrogens with zero attached hydrogens (tertiary/aromatic N) is 5. The van der Waals surface area contributed by atoms with E-state index in [0.717, 1.165) is 0 Å². The molecule has 0 atom stereocenters. The lowest BCUT2D eigenvalue weighted by Gasteiger charge is -2.24. The fourth-order valence-corrected chi connectivity index (χ4v) is 5.29. The number of aliphatic imine (C=N–C) groups is 1. The van der Waals surface area contributed by atoms with E-state index in [2.05, 4.69) is 15.0 Å². The number of halogens is 1. The van der Waals surface area contributed by atoms with Gasteiger partial charge in [0.2, 0.25) is 10.0 Å².